The summed E-state index contributed by atoms with van der Waals surface area (Å²) in [5.41, 5.74) is 2.17. The van der Waals surface area contributed by atoms with Crippen LogP contribution in [0, 0.1) is 5.82 Å². The van der Waals surface area contributed by atoms with Gasteiger partial charge in [0.15, 0.2) is 5.96 Å². The minimum Gasteiger partial charge on any atom is -0.377 e. The van der Waals surface area contributed by atoms with Gasteiger partial charge in [-0.15, -0.1) is 0 Å². The van der Waals surface area contributed by atoms with Gasteiger partial charge in [-0.05, 0) is 37.5 Å². The van der Waals surface area contributed by atoms with E-state index in [2.05, 4.69) is 37.5 Å². The molecule has 1 aliphatic rings. The van der Waals surface area contributed by atoms with Crippen molar-refractivity contribution in [2.75, 3.05) is 32.8 Å². The first-order valence-corrected chi connectivity index (χ1v) is 9.05. The molecule has 0 spiro atoms. The second-order valence-corrected chi connectivity index (χ2v) is 6.95. The zero-order valence-electron chi connectivity index (χ0n) is 15.6. The van der Waals surface area contributed by atoms with Gasteiger partial charge in [-0.1, -0.05) is 37.6 Å². The molecular weight excluding hydrogens is 317 g/mol. The van der Waals surface area contributed by atoms with Crippen molar-refractivity contribution >= 4 is 5.96 Å². The molecule has 138 valence electrons. The summed E-state index contributed by atoms with van der Waals surface area (Å²) in [4.78, 5) is 4.70. The van der Waals surface area contributed by atoms with Gasteiger partial charge < -0.3 is 15.4 Å². The molecule has 0 bridgehead atoms. The summed E-state index contributed by atoms with van der Waals surface area (Å²) in [7, 11) is 0. The molecule has 0 fully saturated rings. The van der Waals surface area contributed by atoms with Gasteiger partial charge in [0.1, 0.15) is 5.82 Å². The monoisotopic (exact) mass is 347 g/mol. The van der Waals surface area contributed by atoms with Crippen LogP contribution in [-0.2, 0) is 10.2 Å². The molecule has 5 heteroatoms. The Bertz CT molecular complexity index is 611. The molecule has 1 aliphatic heterocycles. The number of guanidine groups is 1. The minimum absolute atomic E-state index is 0.204. The molecule has 25 heavy (non-hydrogen) atoms. The second kappa shape index (κ2) is 9.56. The van der Waals surface area contributed by atoms with Gasteiger partial charge in [0.2, 0.25) is 0 Å². The maximum absolute atomic E-state index is 13.5. The first kappa shape index (κ1) is 19.4. The van der Waals surface area contributed by atoms with Gasteiger partial charge in [0.25, 0.3) is 0 Å². The van der Waals surface area contributed by atoms with Gasteiger partial charge in [0, 0.05) is 18.5 Å². The molecule has 1 aromatic rings. The van der Waals surface area contributed by atoms with Gasteiger partial charge in [-0.2, -0.15) is 0 Å². The lowest BCUT2D eigenvalue weighted by Crippen LogP contribution is -2.39. The third kappa shape index (κ3) is 6.50. The smallest absolute Gasteiger partial charge is 0.191 e. The molecule has 0 aliphatic carbocycles. The van der Waals surface area contributed by atoms with Crippen molar-refractivity contribution in [2.45, 2.75) is 39.0 Å². The van der Waals surface area contributed by atoms with E-state index in [4.69, 9.17) is 9.73 Å². The van der Waals surface area contributed by atoms with E-state index >= 15 is 0 Å². The zero-order valence-corrected chi connectivity index (χ0v) is 15.6. The number of nitrogens with zero attached hydrogens (tertiary/aromatic N) is 1. The molecule has 0 radical (unpaired) electrons. The molecular formula is C20H30FN3O. The van der Waals surface area contributed by atoms with E-state index < -0.39 is 0 Å². The van der Waals surface area contributed by atoms with E-state index in [9.17, 15) is 4.39 Å². The van der Waals surface area contributed by atoms with Crippen molar-refractivity contribution in [3.05, 3.63) is 47.3 Å². The average Bonchev–Trinajstić information content (AvgIpc) is 2.61. The van der Waals surface area contributed by atoms with Crippen LogP contribution in [0.4, 0.5) is 4.39 Å². The average molecular weight is 347 g/mol. The number of hydrogen-bond donors (Lipinski definition) is 2. The summed E-state index contributed by atoms with van der Waals surface area (Å²) >= 11 is 0. The summed E-state index contributed by atoms with van der Waals surface area (Å²) in [5.74, 6) is 0.601. The van der Waals surface area contributed by atoms with E-state index in [1.165, 1.54) is 11.6 Å². The van der Waals surface area contributed by atoms with Crippen molar-refractivity contribution in [1.82, 2.24) is 10.6 Å². The van der Waals surface area contributed by atoms with Crippen LogP contribution in [0.2, 0.25) is 0 Å². The number of ether oxygens (including phenoxy) is 1. The fraction of sp³-hybridized carbons (Fsp3) is 0.550. The Kier molecular flexibility index (Phi) is 7.44. The standard InChI is InChI=1S/C20H30FN3O/c1-4-22-19(23-11-8-16-9-12-25-13-10-16)24-15-20(2,3)17-6-5-7-18(21)14-17/h5-7,9,14H,4,8,10-13,15H2,1-3H3,(H2,22,23,24). The van der Waals surface area contributed by atoms with Gasteiger partial charge >= 0.3 is 0 Å². The molecule has 0 amide bonds. The van der Waals surface area contributed by atoms with E-state index in [1.807, 2.05) is 6.07 Å². The number of hydrogen-bond acceptors (Lipinski definition) is 2. The highest BCUT2D eigenvalue weighted by Crippen LogP contribution is 2.24. The third-order valence-electron chi connectivity index (χ3n) is 4.38. The van der Waals surface area contributed by atoms with E-state index in [0.29, 0.717) is 6.54 Å². The maximum Gasteiger partial charge on any atom is 0.191 e. The first-order valence-electron chi connectivity index (χ1n) is 9.05. The van der Waals surface area contributed by atoms with E-state index in [0.717, 1.165) is 50.7 Å². The highest BCUT2D eigenvalue weighted by molar-refractivity contribution is 5.79. The maximum atomic E-state index is 13.5. The van der Waals surface area contributed by atoms with Crippen LogP contribution in [-0.4, -0.2) is 38.8 Å². The fourth-order valence-corrected chi connectivity index (χ4v) is 2.75. The van der Waals surface area contributed by atoms with Gasteiger partial charge in [0.05, 0.1) is 19.8 Å². The highest BCUT2D eigenvalue weighted by atomic mass is 19.1. The van der Waals surface area contributed by atoms with Crippen molar-refractivity contribution < 1.29 is 9.13 Å². The van der Waals surface area contributed by atoms with Crippen LogP contribution < -0.4 is 10.6 Å². The van der Waals surface area contributed by atoms with Crippen molar-refractivity contribution in [3.63, 3.8) is 0 Å². The summed E-state index contributed by atoms with van der Waals surface area (Å²) < 4.78 is 18.8. The summed E-state index contributed by atoms with van der Waals surface area (Å²) in [6.45, 7) is 10.0. The molecule has 4 nitrogen and oxygen atoms in total. The quantitative estimate of drug-likeness (QED) is 0.451. The van der Waals surface area contributed by atoms with Crippen molar-refractivity contribution in [2.24, 2.45) is 4.99 Å². The third-order valence-corrected chi connectivity index (χ3v) is 4.38. The van der Waals surface area contributed by atoms with Gasteiger partial charge in [-0.25, -0.2) is 4.39 Å². The van der Waals surface area contributed by atoms with E-state index in [-0.39, 0.29) is 11.2 Å². The van der Waals surface area contributed by atoms with Crippen molar-refractivity contribution in [1.29, 1.82) is 0 Å². The Morgan fingerprint density at radius 3 is 2.84 bits per heavy atom. The molecule has 2 N–H and O–H groups in total. The Balaban J connectivity index is 1.92. The molecule has 0 saturated heterocycles. The summed E-state index contributed by atoms with van der Waals surface area (Å²) in [5, 5.41) is 6.66. The van der Waals surface area contributed by atoms with Crippen molar-refractivity contribution in [3.8, 4) is 0 Å². The van der Waals surface area contributed by atoms with Crippen LogP contribution in [0.3, 0.4) is 0 Å². The molecule has 0 aromatic heterocycles. The fourth-order valence-electron chi connectivity index (χ4n) is 2.75. The van der Waals surface area contributed by atoms with Crippen LogP contribution in [0.1, 0.15) is 39.2 Å². The minimum atomic E-state index is -0.228. The lowest BCUT2D eigenvalue weighted by atomic mass is 9.85. The molecule has 0 unspecified atom stereocenters. The SMILES string of the molecule is CCNC(=NCC(C)(C)c1cccc(F)c1)NCCC1=CCOCC1. The normalized spacial score (nSPS) is 15.7. The molecule has 0 atom stereocenters. The molecule has 1 aromatic carbocycles. The number of nitrogens with one attached hydrogen (secondary N) is 2. The zero-order chi connectivity index (χ0) is 18.1. The number of rotatable bonds is 7. The predicted molar refractivity (Wildman–Crippen MR) is 102 cm³/mol. The summed E-state index contributed by atoms with van der Waals surface area (Å²) in [6.07, 6.45) is 4.19. The largest absolute Gasteiger partial charge is 0.377 e. The van der Waals surface area contributed by atoms with Gasteiger partial charge in [-0.3, -0.25) is 4.99 Å². The van der Waals surface area contributed by atoms with Crippen LogP contribution in [0.5, 0.6) is 0 Å². The molecule has 2 rings (SSSR count). The summed E-state index contributed by atoms with van der Waals surface area (Å²) in [6, 6.07) is 6.77. The number of aliphatic imine (C=N–C) groups is 1. The topological polar surface area (TPSA) is 45.7 Å². The van der Waals surface area contributed by atoms with Crippen LogP contribution in [0.25, 0.3) is 0 Å². The molecule has 0 saturated carbocycles. The Morgan fingerprint density at radius 1 is 1.32 bits per heavy atom. The second-order valence-electron chi connectivity index (χ2n) is 6.95. The lowest BCUT2D eigenvalue weighted by molar-refractivity contribution is 0.153. The number of halogens is 1. The van der Waals surface area contributed by atoms with Crippen LogP contribution >= 0.6 is 0 Å². The predicted octanol–water partition coefficient (Wildman–Crippen LogP) is 3.40. The lowest BCUT2D eigenvalue weighted by Gasteiger charge is -2.24. The van der Waals surface area contributed by atoms with Crippen LogP contribution in [0.15, 0.2) is 40.9 Å². The van der Waals surface area contributed by atoms with E-state index in [1.54, 1.807) is 12.1 Å². The Hall–Kier alpha value is -1.88. The highest BCUT2D eigenvalue weighted by Gasteiger charge is 2.21. The first-order chi connectivity index (χ1) is 12.0. The molecule has 1 heterocycles. The Morgan fingerprint density at radius 2 is 2.16 bits per heavy atom. The number of benzene rings is 1. The Labute approximate surface area is 150 Å².